The summed E-state index contributed by atoms with van der Waals surface area (Å²) in [6.45, 7) is 5.41. The quantitative estimate of drug-likeness (QED) is 0.770. The Kier molecular flexibility index (Phi) is 6.35. The highest BCUT2D eigenvalue weighted by Gasteiger charge is 2.27. The topological polar surface area (TPSA) is 93.7 Å². The molecule has 0 saturated heterocycles. The molecule has 0 bridgehead atoms. The predicted octanol–water partition coefficient (Wildman–Crippen LogP) is 3.97. The molecular weight excluding hydrogens is 356 g/mol. The summed E-state index contributed by atoms with van der Waals surface area (Å²) in [5, 5.41) is 5.52. The van der Waals surface area contributed by atoms with Crippen molar-refractivity contribution in [2.75, 3.05) is 24.4 Å². The second-order valence-corrected chi connectivity index (χ2v) is 6.44. The molecule has 1 heterocycles. The molecule has 0 aliphatic carbocycles. The minimum Gasteiger partial charge on any atom is -0.465 e. The minimum atomic E-state index is -0.609. The van der Waals surface area contributed by atoms with E-state index in [0.717, 1.165) is 16.9 Å². The van der Waals surface area contributed by atoms with E-state index in [1.165, 1.54) is 7.11 Å². The fourth-order valence-electron chi connectivity index (χ4n) is 2.24. The zero-order valence-corrected chi connectivity index (χ0v) is 15.8. The summed E-state index contributed by atoms with van der Waals surface area (Å²) in [4.78, 5) is 36.7. The van der Waals surface area contributed by atoms with Crippen LogP contribution in [-0.4, -0.2) is 31.7 Å². The molecular formula is C18H20N2O5S. The van der Waals surface area contributed by atoms with Gasteiger partial charge in [-0.05, 0) is 38.5 Å². The highest BCUT2D eigenvalue weighted by Crippen LogP contribution is 2.34. The number of aryl methyl sites for hydroxylation is 1. The first kappa shape index (κ1) is 19.5. The van der Waals surface area contributed by atoms with Gasteiger partial charge in [0.05, 0.1) is 19.3 Å². The third kappa shape index (κ3) is 4.40. The smallest absolute Gasteiger partial charge is 0.348 e. The molecule has 0 fully saturated rings. The number of carbonyl (C=O) groups excluding carboxylic acids is 3. The number of thiophene rings is 1. The lowest BCUT2D eigenvalue weighted by molar-refractivity contribution is 0.0527. The Morgan fingerprint density at radius 2 is 1.69 bits per heavy atom. The van der Waals surface area contributed by atoms with Gasteiger partial charge in [0.15, 0.2) is 0 Å². The fourth-order valence-corrected chi connectivity index (χ4v) is 3.35. The Hall–Kier alpha value is -2.87. The molecule has 2 aromatic rings. The fraction of sp³-hybridized carbons (Fsp3) is 0.278. The summed E-state index contributed by atoms with van der Waals surface area (Å²) in [5.41, 5.74) is 2.23. The standard InChI is InChI=1S/C18H20N2O5S/c1-5-25-16(21)13-11(3)14(17(22)24-4)26-15(13)20-18(23)19-12-8-6-10(2)7-9-12/h6-9H,5H2,1-4H3,(H2,19,20,23). The van der Waals surface area contributed by atoms with Gasteiger partial charge in [-0.1, -0.05) is 17.7 Å². The summed E-state index contributed by atoms with van der Waals surface area (Å²) >= 11 is 0.967. The molecule has 0 spiro atoms. The van der Waals surface area contributed by atoms with Crippen LogP contribution >= 0.6 is 11.3 Å². The van der Waals surface area contributed by atoms with Gasteiger partial charge in [-0.2, -0.15) is 0 Å². The van der Waals surface area contributed by atoms with Gasteiger partial charge in [0.1, 0.15) is 9.88 Å². The molecule has 2 rings (SSSR count). The third-order valence-electron chi connectivity index (χ3n) is 3.53. The summed E-state index contributed by atoms with van der Waals surface area (Å²) in [6.07, 6.45) is 0. The lowest BCUT2D eigenvalue weighted by atomic mass is 10.1. The van der Waals surface area contributed by atoms with Crippen LogP contribution in [0.4, 0.5) is 15.5 Å². The maximum absolute atomic E-state index is 12.3. The number of carbonyl (C=O) groups is 3. The number of hydrogen-bond acceptors (Lipinski definition) is 6. The number of ether oxygens (including phenoxy) is 2. The molecule has 0 atom stereocenters. The monoisotopic (exact) mass is 376 g/mol. The Labute approximate surface area is 155 Å². The van der Waals surface area contributed by atoms with Gasteiger partial charge in [-0.25, -0.2) is 14.4 Å². The normalized spacial score (nSPS) is 10.2. The third-order valence-corrected chi connectivity index (χ3v) is 4.72. The second kappa shape index (κ2) is 8.48. The molecule has 0 radical (unpaired) electrons. The zero-order chi connectivity index (χ0) is 19.3. The number of anilines is 2. The first-order valence-corrected chi connectivity index (χ1v) is 8.72. The Balaban J connectivity index is 2.28. The van der Waals surface area contributed by atoms with Gasteiger partial charge in [-0.15, -0.1) is 11.3 Å². The van der Waals surface area contributed by atoms with E-state index in [2.05, 4.69) is 10.6 Å². The van der Waals surface area contributed by atoms with Crippen LogP contribution in [0.15, 0.2) is 24.3 Å². The van der Waals surface area contributed by atoms with Gasteiger partial charge >= 0.3 is 18.0 Å². The molecule has 8 heteroatoms. The maximum Gasteiger partial charge on any atom is 0.348 e. The van der Waals surface area contributed by atoms with Crippen molar-refractivity contribution in [3.8, 4) is 0 Å². The lowest BCUT2D eigenvalue weighted by Crippen LogP contribution is -2.20. The predicted molar refractivity (Wildman–Crippen MR) is 100 cm³/mol. The average Bonchev–Trinajstić information content (AvgIpc) is 2.92. The van der Waals surface area contributed by atoms with Crippen molar-refractivity contribution in [3.05, 3.63) is 45.8 Å². The summed E-state index contributed by atoms with van der Waals surface area (Å²) in [7, 11) is 1.25. The summed E-state index contributed by atoms with van der Waals surface area (Å²) < 4.78 is 9.76. The van der Waals surface area contributed by atoms with Crippen molar-refractivity contribution in [3.63, 3.8) is 0 Å². The van der Waals surface area contributed by atoms with E-state index < -0.39 is 18.0 Å². The van der Waals surface area contributed by atoms with Gasteiger partial charge in [-0.3, -0.25) is 5.32 Å². The van der Waals surface area contributed by atoms with Crippen LogP contribution < -0.4 is 10.6 Å². The van der Waals surface area contributed by atoms with Crippen LogP contribution in [0.3, 0.4) is 0 Å². The average molecular weight is 376 g/mol. The molecule has 2 N–H and O–H groups in total. The SMILES string of the molecule is CCOC(=O)c1c(NC(=O)Nc2ccc(C)cc2)sc(C(=O)OC)c1C. The van der Waals surface area contributed by atoms with Crippen LogP contribution in [0.5, 0.6) is 0 Å². The molecule has 26 heavy (non-hydrogen) atoms. The number of amides is 2. The molecule has 0 aliphatic rings. The van der Waals surface area contributed by atoms with Crippen molar-refractivity contribution >= 4 is 40.0 Å². The van der Waals surface area contributed by atoms with Crippen LogP contribution in [0, 0.1) is 13.8 Å². The van der Waals surface area contributed by atoms with E-state index in [9.17, 15) is 14.4 Å². The van der Waals surface area contributed by atoms with Crippen LogP contribution in [-0.2, 0) is 9.47 Å². The van der Waals surface area contributed by atoms with E-state index in [1.54, 1.807) is 26.0 Å². The Morgan fingerprint density at radius 3 is 2.27 bits per heavy atom. The molecule has 2 amide bonds. The van der Waals surface area contributed by atoms with E-state index in [4.69, 9.17) is 9.47 Å². The number of benzene rings is 1. The molecule has 0 saturated carbocycles. The van der Waals surface area contributed by atoms with Gasteiger partial charge in [0, 0.05) is 5.69 Å². The van der Waals surface area contributed by atoms with Crippen molar-refractivity contribution in [2.45, 2.75) is 20.8 Å². The Bertz CT molecular complexity index is 827. The molecule has 0 unspecified atom stereocenters. The number of esters is 2. The molecule has 0 aliphatic heterocycles. The molecule has 138 valence electrons. The van der Waals surface area contributed by atoms with Gasteiger partial charge in [0.2, 0.25) is 0 Å². The van der Waals surface area contributed by atoms with Crippen LogP contribution in [0.1, 0.15) is 38.1 Å². The maximum atomic E-state index is 12.3. The first-order chi connectivity index (χ1) is 12.4. The highest BCUT2D eigenvalue weighted by molar-refractivity contribution is 7.18. The number of urea groups is 1. The zero-order valence-electron chi connectivity index (χ0n) is 15.0. The lowest BCUT2D eigenvalue weighted by Gasteiger charge is -2.09. The van der Waals surface area contributed by atoms with Gasteiger partial charge in [0.25, 0.3) is 0 Å². The molecule has 1 aromatic carbocycles. The second-order valence-electron chi connectivity index (χ2n) is 5.42. The summed E-state index contributed by atoms with van der Waals surface area (Å²) in [6, 6.07) is 6.73. The molecule has 7 nitrogen and oxygen atoms in total. The first-order valence-electron chi connectivity index (χ1n) is 7.90. The van der Waals surface area contributed by atoms with E-state index in [-0.39, 0.29) is 22.0 Å². The number of hydrogen-bond donors (Lipinski definition) is 2. The van der Waals surface area contributed by atoms with E-state index in [0.29, 0.717) is 11.3 Å². The van der Waals surface area contributed by atoms with Crippen LogP contribution in [0.2, 0.25) is 0 Å². The Morgan fingerprint density at radius 1 is 1.04 bits per heavy atom. The summed E-state index contributed by atoms with van der Waals surface area (Å²) in [5.74, 6) is -1.19. The largest absolute Gasteiger partial charge is 0.465 e. The van der Waals surface area contributed by atoms with Crippen molar-refractivity contribution in [1.29, 1.82) is 0 Å². The van der Waals surface area contributed by atoms with E-state index >= 15 is 0 Å². The van der Waals surface area contributed by atoms with Crippen molar-refractivity contribution in [2.24, 2.45) is 0 Å². The van der Waals surface area contributed by atoms with Gasteiger partial charge < -0.3 is 14.8 Å². The highest BCUT2D eigenvalue weighted by atomic mass is 32.1. The minimum absolute atomic E-state index is 0.149. The van der Waals surface area contributed by atoms with Crippen molar-refractivity contribution in [1.82, 2.24) is 0 Å². The van der Waals surface area contributed by atoms with E-state index in [1.807, 2.05) is 19.1 Å². The van der Waals surface area contributed by atoms with Crippen LogP contribution in [0.25, 0.3) is 0 Å². The number of rotatable bonds is 5. The number of methoxy groups -OCH3 is 1. The van der Waals surface area contributed by atoms with Crippen molar-refractivity contribution < 1.29 is 23.9 Å². The molecule has 1 aromatic heterocycles. The number of nitrogens with one attached hydrogen (secondary N) is 2.